The molecule has 0 bridgehead atoms. The third kappa shape index (κ3) is 2.96. The largest absolute Gasteiger partial charge is 0.389 e. The van der Waals surface area contributed by atoms with Gasteiger partial charge in [-0.3, -0.25) is 0 Å². The van der Waals surface area contributed by atoms with E-state index in [-0.39, 0.29) is 0 Å². The topological polar surface area (TPSA) is 41.5 Å². The van der Waals surface area contributed by atoms with Gasteiger partial charge in [0.2, 0.25) is 0 Å². The smallest absolute Gasteiger partial charge is 0.0774 e. The Morgan fingerprint density at radius 3 is 2.81 bits per heavy atom. The summed E-state index contributed by atoms with van der Waals surface area (Å²) < 4.78 is 5.25. The van der Waals surface area contributed by atoms with Crippen LogP contribution in [0.5, 0.6) is 0 Å². The molecule has 2 saturated carbocycles. The molecule has 2 aliphatic rings. The van der Waals surface area contributed by atoms with Crippen LogP contribution >= 0.6 is 0 Å². The van der Waals surface area contributed by atoms with Gasteiger partial charge in [-0.15, -0.1) is 0 Å². The lowest BCUT2D eigenvalue weighted by molar-refractivity contribution is -0.0283. The van der Waals surface area contributed by atoms with Gasteiger partial charge in [-0.1, -0.05) is 19.8 Å². The van der Waals surface area contributed by atoms with Crippen LogP contribution < -0.4 is 5.32 Å². The second-order valence-electron chi connectivity index (χ2n) is 5.83. The highest BCUT2D eigenvalue weighted by Gasteiger charge is 2.35. The van der Waals surface area contributed by atoms with E-state index in [1.165, 1.54) is 12.8 Å². The second-order valence-corrected chi connectivity index (χ2v) is 5.83. The molecule has 0 aromatic rings. The zero-order chi connectivity index (χ0) is 11.6. The quantitative estimate of drug-likeness (QED) is 0.768. The molecule has 0 radical (unpaired) electrons. The fourth-order valence-corrected chi connectivity index (χ4v) is 3.05. The highest BCUT2D eigenvalue weighted by molar-refractivity contribution is 4.92. The van der Waals surface area contributed by atoms with Crippen LogP contribution in [-0.4, -0.2) is 36.5 Å². The second kappa shape index (κ2) is 5.03. The van der Waals surface area contributed by atoms with Gasteiger partial charge in [-0.2, -0.15) is 0 Å². The molecule has 0 spiro atoms. The predicted octanol–water partition coefficient (Wildman–Crippen LogP) is 1.69. The first-order valence-corrected chi connectivity index (χ1v) is 6.60. The van der Waals surface area contributed by atoms with Crippen LogP contribution in [0.25, 0.3) is 0 Å². The zero-order valence-electron chi connectivity index (χ0n) is 10.5. The summed E-state index contributed by atoms with van der Waals surface area (Å²) in [5.74, 6) is 0.675. The van der Waals surface area contributed by atoms with Crippen molar-refractivity contribution < 1.29 is 9.84 Å². The first-order valence-electron chi connectivity index (χ1n) is 6.60. The molecule has 94 valence electrons. The summed E-state index contributed by atoms with van der Waals surface area (Å²) in [7, 11) is 1.78. The minimum Gasteiger partial charge on any atom is -0.389 e. The Morgan fingerprint density at radius 2 is 2.19 bits per heavy atom. The fraction of sp³-hybridized carbons (Fsp3) is 1.00. The molecule has 2 rings (SSSR count). The van der Waals surface area contributed by atoms with Gasteiger partial charge < -0.3 is 15.2 Å². The summed E-state index contributed by atoms with van der Waals surface area (Å²) in [4.78, 5) is 0. The van der Waals surface area contributed by atoms with Gasteiger partial charge in [-0.05, 0) is 31.6 Å². The van der Waals surface area contributed by atoms with Gasteiger partial charge in [0.25, 0.3) is 0 Å². The molecule has 2 N–H and O–H groups in total. The van der Waals surface area contributed by atoms with Crippen LogP contribution in [0.3, 0.4) is 0 Å². The fourth-order valence-electron chi connectivity index (χ4n) is 3.05. The van der Waals surface area contributed by atoms with Crippen LogP contribution in [0.15, 0.2) is 0 Å². The molecule has 0 heterocycles. The summed E-state index contributed by atoms with van der Waals surface area (Å²) >= 11 is 0. The maximum Gasteiger partial charge on any atom is 0.0774 e. The molecule has 0 amide bonds. The lowest BCUT2D eigenvalue weighted by Gasteiger charge is -2.40. The Labute approximate surface area is 98.6 Å². The van der Waals surface area contributed by atoms with E-state index in [1.54, 1.807) is 7.11 Å². The Morgan fingerprint density at radius 1 is 1.44 bits per heavy atom. The van der Waals surface area contributed by atoms with Crippen LogP contribution in [0, 0.1) is 5.92 Å². The van der Waals surface area contributed by atoms with Gasteiger partial charge in [0.1, 0.15) is 0 Å². The van der Waals surface area contributed by atoms with Crippen molar-refractivity contribution in [3.8, 4) is 0 Å². The van der Waals surface area contributed by atoms with E-state index in [4.69, 9.17) is 4.74 Å². The maximum atomic E-state index is 10.4. The van der Waals surface area contributed by atoms with Crippen molar-refractivity contribution in [2.24, 2.45) is 5.92 Å². The Kier molecular flexibility index (Phi) is 3.88. The average Bonchev–Trinajstić information content (AvgIpc) is 2.15. The van der Waals surface area contributed by atoms with Gasteiger partial charge in [0.05, 0.1) is 11.7 Å². The van der Waals surface area contributed by atoms with E-state index in [1.807, 2.05) is 0 Å². The summed E-state index contributed by atoms with van der Waals surface area (Å²) in [6, 6.07) is 0.561. The van der Waals surface area contributed by atoms with Gasteiger partial charge in [-0.25, -0.2) is 0 Å². The Bertz CT molecular complexity index is 228. The van der Waals surface area contributed by atoms with Crippen molar-refractivity contribution in [3.63, 3.8) is 0 Å². The van der Waals surface area contributed by atoms with Crippen molar-refractivity contribution in [2.75, 3.05) is 13.7 Å². The van der Waals surface area contributed by atoms with Crippen molar-refractivity contribution >= 4 is 0 Å². The minimum atomic E-state index is -0.449. The summed E-state index contributed by atoms with van der Waals surface area (Å²) in [5.41, 5.74) is -0.449. The number of hydrogen-bond acceptors (Lipinski definition) is 3. The first-order chi connectivity index (χ1) is 7.61. The van der Waals surface area contributed by atoms with Crippen LogP contribution in [0.2, 0.25) is 0 Å². The summed E-state index contributed by atoms with van der Waals surface area (Å²) in [6.45, 7) is 3.01. The SMILES string of the molecule is COC1CC(NCC2(O)CCCC(C)C2)C1. The Balaban J connectivity index is 1.69. The molecule has 0 aromatic carbocycles. The highest BCUT2D eigenvalue weighted by Crippen LogP contribution is 2.32. The first kappa shape index (κ1) is 12.3. The molecule has 3 heteroatoms. The van der Waals surface area contributed by atoms with Gasteiger partial charge in [0, 0.05) is 19.7 Å². The number of nitrogens with one attached hydrogen (secondary N) is 1. The van der Waals surface area contributed by atoms with Crippen LogP contribution in [-0.2, 0) is 4.74 Å². The van der Waals surface area contributed by atoms with Crippen LogP contribution in [0.1, 0.15) is 45.4 Å². The van der Waals surface area contributed by atoms with E-state index in [9.17, 15) is 5.11 Å². The van der Waals surface area contributed by atoms with Crippen molar-refractivity contribution in [2.45, 2.75) is 63.2 Å². The standard InChI is InChI=1S/C13H25NO2/c1-10-4-3-5-13(15,8-10)9-14-11-6-12(7-11)16-2/h10-12,14-15H,3-9H2,1-2H3. The number of ether oxygens (including phenoxy) is 1. The van der Waals surface area contributed by atoms with Crippen molar-refractivity contribution in [3.05, 3.63) is 0 Å². The molecule has 2 unspecified atom stereocenters. The van der Waals surface area contributed by atoms with Crippen LogP contribution in [0.4, 0.5) is 0 Å². The predicted molar refractivity (Wildman–Crippen MR) is 64.4 cm³/mol. The Hall–Kier alpha value is -0.120. The number of methoxy groups -OCH3 is 1. The molecule has 2 atom stereocenters. The van der Waals surface area contributed by atoms with Gasteiger partial charge >= 0.3 is 0 Å². The van der Waals surface area contributed by atoms with E-state index < -0.39 is 5.60 Å². The normalized spacial score (nSPS) is 44.1. The van der Waals surface area contributed by atoms with E-state index >= 15 is 0 Å². The van der Waals surface area contributed by atoms with E-state index in [0.717, 1.165) is 32.2 Å². The van der Waals surface area contributed by atoms with E-state index in [2.05, 4.69) is 12.2 Å². The molecular formula is C13H25NO2. The molecule has 2 aliphatic carbocycles. The molecule has 0 saturated heterocycles. The number of hydrogen-bond donors (Lipinski definition) is 2. The lowest BCUT2D eigenvalue weighted by Crippen LogP contribution is -2.52. The number of rotatable bonds is 4. The lowest BCUT2D eigenvalue weighted by atomic mass is 9.78. The maximum absolute atomic E-state index is 10.4. The van der Waals surface area contributed by atoms with Crippen molar-refractivity contribution in [1.29, 1.82) is 0 Å². The van der Waals surface area contributed by atoms with Crippen molar-refractivity contribution in [1.82, 2.24) is 5.32 Å². The third-order valence-electron chi connectivity index (χ3n) is 4.22. The molecule has 0 aliphatic heterocycles. The zero-order valence-corrected chi connectivity index (χ0v) is 10.5. The average molecular weight is 227 g/mol. The van der Waals surface area contributed by atoms with E-state index in [0.29, 0.717) is 18.1 Å². The van der Waals surface area contributed by atoms with Gasteiger partial charge in [0.15, 0.2) is 0 Å². The molecule has 3 nitrogen and oxygen atoms in total. The molecule has 16 heavy (non-hydrogen) atoms. The highest BCUT2D eigenvalue weighted by atomic mass is 16.5. The molecular weight excluding hydrogens is 202 g/mol. The third-order valence-corrected chi connectivity index (χ3v) is 4.22. The summed E-state index contributed by atoms with van der Waals surface area (Å²) in [5, 5.41) is 13.9. The minimum absolute atomic E-state index is 0.442. The monoisotopic (exact) mass is 227 g/mol. The number of aliphatic hydroxyl groups is 1. The summed E-state index contributed by atoms with van der Waals surface area (Å²) in [6.07, 6.45) is 7.01. The molecule has 2 fully saturated rings. The molecule has 0 aromatic heterocycles.